The van der Waals surface area contributed by atoms with Crippen molar-refractivity contribution in [2.24, 2.45) is 0 Å². The normalized spacial score (nSPS) is 13.5. The van der Waals surface area contributed by atoms with E-state index in [9.17, 15) is 9.90 Å². The van der Waals surface area contributed by atoms with Crippen molar-refractivity contribution in [1.82, 2.24) is 0 Å². The fraction of sp³-hybridized carbons (Fsp3) is 0.250. The number of halogens is 3. The number of carbonyl (C=O) groups excluding carboxylic acids is 1. The van der Waals surface area contributed by atoms with E-state index >= 15 is 0 Å². The quantitative estimate of drug-likeness (QED) is 0.316. The molecule has 19 heavy (non-hydrogen) atoms. The van der Waals surface area contributed by atoms with Gasteiger partial charge >= 0.3 is 5.97 Å². The van der Waals surface area contributed by atoms with Gasteiger partial charge in [0.05, 0.1) is 4.47 Å². The van der Waals surface area contributed by atoms with Crippen LogP contribution in [0.5, 0.6) is 5.75 Å². The van der Waals surface area contributed by atoms with Gasteiger partial charge in [0.25, 0.3) is 6.29 Å². The molecule has 104 valence electrons. The molecule has 0 bridgehead atoms. The van der Waals surface area contributed by atoms with Crippen molar-refractivity contribution in [3.05, 3.63) is 38.2 Å². The van der Waals surface area contributed by atoms with Gasteiger partial charge in [-0.1, -0.05) is 6.58 Å². The minimum Gasteiger partial charge on any atom is -0.451 e. The van der Waals surface area contributed by atoms with E-state index in [1.807, 2.05) is 0 Å². The summed E-state index contributed by atoms with van der Waals surface area (Å²) < 4.78 is 12.6. The molecular formula is C12H11Br3O4. The van der Waals surface area contributed by atoms with Crippen LogP contribution in [0, 0.1) is 0 Å². The first-order valence-electron chi connectivity index (χ1n) is 5.18. The number of rotatable bonds is 5. The number of aliphatic hydroxyl groups is 1. The molecule has 0 aromatic heterocycles. The number of benzene rings is 1. The molecule has 1 aromatic carbocycles. The molecule has 0 heterocycles. The number of hydrogen-bond donors (Lipinski definition) is 1. The zero-order chi connectivity index (χ0) is 14.6. The third kappa shape index (κ3) is 4.59. The van der Waals surface area contributed by atoms with Gasteiger partial charge in [0.1, 0.15) is 11.9 Å². The Kier molecular flexibility index (Phi) is 6.52. The molecule has 0 saturated carbocycles. The molecule has 7 heteroatoms. The van der Waals surface area contributed by atoms with Crippen LogP contribution in [0.3, 0.4) is 0 Å². The van der Waals surface area contributed by atoms with Crippen LogP contribution in [-0.4, -0.2) is 23.5 Å². The summed E-state index contributed by atoms with van der Waals surface area (Å²) in [5.41, 5.74) is 0. The second-order valence-corrected chi connectivity index (χ2v) is 5.98. The number of esters is 1. The van der Waals surface area contributed by atoms with E-state index in [2.05, 4.69) is 54.4 Å². The monoisotopic (exact) mass is 456 g/mol. The van der Waals surface area contributed by atoms with Gasteiger partial charge in [0.15, 0.2) is 0 Å². The van der Waals surface area contributed by atoms with Gasteiger partial charge in [-0.25, -0.2) is 4.79 Å². The Morgan fingerprint density at radius 2 is 2.00 bits per heavy atom. The summed E-state index contributed by atoms with van der Waals surface area (Å²) >= 11 is 10.1. The van der Waals surface area contributed by atoms with E-state index < -0.39 is 18.4 Å². The number of carbonyl (C=O) groups is 1. The third-order valence-corrected chi connectivity index (χ3v) is 5.37. The molecule has 0 aliphatic rings. The molecule has 0 fully saturated rings. The van der Waals surface area contributed by atoms with E-state index in [1.54, 1.807) is 12.1 Å². The minimum atomic E-state index is -1.12. The van der Waals surface area contributed by atoms with Crippen molar-refractivity contribution in [3.63, 3.8) is 0 Å². The summed E-state index contributed by atoms with van der Waals surface area (Å²) in [5.74, 6) is -0.240. The molecule has 1 aromatic rings. The molecule has 0 spiro atoms. The van der Waals surface area contributed by atoms with E-state index in [0.717, 1.165) is 15.0 Å². The van der Waals surface area contributed by atoms with E-state index in [0.29, 0.717) is 10.2 Å². The van der Waals surface area contributed by atoms with Crippen LogP contribution in [0.15, 0.2) is 38.2 Å². The van der Waals surface area contributed by atoms with Crippen LogP contribution in [0.2, 0.25) is 0 Å². The van der Waals surface area contributed by atoms with Crippen LogP contribution in [0.4, 0.5) is 0 Å². The lowest BCUT2D eigenvalue weighted by molar-refractivity contribution is -0.172. The standard InChI is InChI=1S/C12H11Br3O4/c1-3-9(17)19-12(6(2)16)18-8-5-4-7(13)10(14)11(8)15/h3-6,12,16H,1H2,2H3. The summed E-state index contributed by atoms with van der Waals surface area (Å²) in [4.78, 5) is 11.2. The Bertz CT molecular complexity index is 488. The molecule has 2 atom stereocenters. The number of aliphatic hydroxyl groups excluding tert-OH is 1. The average molecular weight is 459 g/mol. The minimum absolute atomic E-state index is 0.429. The maximum absolute atomic E-state index is 11.2. The highest BCUT2D eigenvalue weighted by Gasteiger charge is 2.22. The van der Waals surface area contributed by atoms with Gasteiger partial charge in [0.2, 0.25) is 0 Å². The molecule has 1 N–H and O–H groups in total. The summed E-state index contributed by atoms with van der Waals surface area (Å²) in [5, 5.41) is 9.56. The Morgan fingerprint density at radius 3 is 2.53 bits per heavy atom. The lowest BCUT2D eigenvalue weighted by Crippen LogP contribution is -2.34. The van der Waals surface area contributed by atoms with Crippen LogP contribution < -0.4 is 4.74 Å². The van der Waals surface area contributed by atoms with Crippen molar-refractivity contribution in [3.8, 4) is 5.75 Å². The summed E-state index contributed by atoms with van der Waals surface area (Å²) in [7, 11) is 0. The Labute approximate surface area is 136 Å². The van der Waals surface area contributed by atoms with Crippen molar-refractivity contribution in [2.75, 3.05) is 0 Å². The number of ether oxygens (including phenoxy) is 2. The second kappa shape index (κ2) is 7.42. The first-order valence-corrected chi connectivity index (χ1v) is 7.56. The van der Waals surface area contributed by atoms with Crippen molar-refractivity contribution in [1.29, 1.82) is 0 Å². The van der Waals surface area contributed by atoms with Gasteiger partial charge in [0, 0.05) is 15.0 Å². The highest BCUT2D eigenvalue weighted by atomic mass is 79.9. The van der Waals surface area contributed by atoms with Gasteiger partial charge in [-0.2, -0.15) is 0 Å². The zero-order valence-electron chi connectivity index (χ0n) is 9.90. The summed E-state index contributed by atoms with van der Waals surface area (Å²) in [6, 6.07) is 3.44. The highest BCUT2D eigenvalue weighted by molar-refractivity contribution is 9.14. The maximum atomic E-state index is 11.2. The maximum Gasteiger partial charge on any atom is 0.333 e. The fourth-order valence-corrected chi connectivity index (χ4v) is 2.47. The topological polar surface area (TPSA) is 55.8 Å². The number of hydrogen-bond acceptors (Lipinski definition) is 4. The Hall–Kier alpha value is -0.370. The largest absolute Gasteiger partial charge is 0.451 e. The predicted octanol–water partition coefficient (Wildman–Crippen LogP) is 3.79. The van der Waals surface area contributed by atoms with E-state index in [-0.39, 0.29) is 0 Å². The third-order valence-electron chi connectivity index (χ3n) is 2.04. The first-order chi connectivity index (χ1) is 8.86. The Balaban J connectivity index is 2.94. The smallest absolute Gasteiger partial charge is 0.333 e. The zero-order valence-corrected chi connectivity index (χ0v) is 14.7. The molecule has 0 aliphatic heterocycles. The average Bonchev–Trinajstić information content (AvgIpc) is 2.37. The van der Waals surface area contributed by atoms with Crippen molar-refractivity contribution >= 4 is 53.8 Å². The van der Waals surface area contributed by atoms with Crippen LogP contribution >= 0.6 is 47.8 Å². The molecule has 0 saturated heterocycles. The molecule has 4 nitrogen and oxygen atoms in total. The van der Waals surface area contributed by atoms with E-state index in [1.165, 1.54) is 6.92 Å². The Morgan fingerprint density at radius 1 is 1.37 bits per heavy atom. The fourth-order valence-electron chi connectivity index (χ4n) is 1.11. The van der Waals surface area contributed by atoms with Crippen LogP contribution in [0.25, 0.3) is 0 Å². The van der Waals surface area contributed by atoms with Gasteiger partial charge in [-0.15, -0.1) is 0 Å². The molecule has 2 unspecified atom stereocenters. The molecule has 1 rings (SSSR count). The van der Waals surface area contributed by atoms with Crippen LogP contribution in [-0.2, 0) is 9.53 Å². The molecule has 0 amide bonds. The summed E-state index contributed by atoms with van der Waals surface area (Å²) in [6.07, 6.45) is -1.10. The molecule has 0 aliphatic carbocycles. The van der Waals surface area contributed by atoms with Crippen molar-refractivity contribution < 1.29 is 19.4 Å². The first kappa shape index (κ1) is 16.7. The second-order valence-electron chi connectivity index (χ2n) is 3.54. The lowest BCUT2D eigenvalue weighted by atomic mass is 10.3. The van der Waals surface area contributed by atoms with Crippen molar-refractivity contribution in [2.45, 2.75) is 19.3 Å². The molecule has 0 radical (unpaired) electrons. The predicted molar refractivity (Wildman–Crippen MR) is 81.9 cm³/mol. The van der Waals surface area contributed by atoms with Crippen LogP contribution in [0.1, 0.15) is 6.92 Å². The SMILES string of the molecule is C=CC(=O)OC(Oc1ccc(Br)c(Br)c1Br)C(C)O. The summed E-state index contributed by atoms with van der Waals surface area (Å²) in [6.45, 7) is 4.75. The highest BCUT2D eigenvalue weighted by Crippen LogP contribution is 2.38. The van der Waals surface area contributed by atoms with Gasteiger partial charge in [-0.3, -0.25) is 0 Å². The van der Waals surface area contributed by atoms with E-state index in [4.69, 9.17) is 9.47 Å². The van der Waals surface area contributed by atoms with Gasteiger partial charge in [-0.05, 0) is 66.8 Å². The lowest BCUT2D eigenvalue weighted by Gasteiger charge is -2.22. The molecular weight excluding hydrogens is 448 g/mol. The van der Waals surface area contributed by atoms with Gasteiger partial charge < -0.3 is 14.6 Å².